The van der Waals surface area contributed by atoms with Crippen LogP contribution in [-0.2, 0) is 0 Å². The van der Waals surface area contributed by atoms with Crippen LogP contribution in [0.1, 0.15) is 46.0 Å². The Hall–Kier alpha value is -0.300. The highest BCUT2D eigenvalue weighted by atomic mass is 14.9. The average molecular weight is 219 g/mol. The molecule has 1 N–H and O–H groups in total. The Balaban J connectivity index is 1.61. The van der Waals surface area contributed by atoms with Crippen molar-refractivity contribution < 1.29 is 0 Å². The van der Waals surface area contributed by atoms with Gasteiger partial charge in [0.1, 0.15) is 0 Å². The molecule has 90 valence electrons. The molecule has 0 spiro atoms. The molecule has 4 aliphatic carbocycles. The first-order valence-electron chi connectivity index (χ1n) is 7.09. The third kappa shape index (κ3) is 1.95. The fourth-order valence-corrected chi connectivity index (χ4v) is 4.66. The third-order valence-corrected chi connectivity index (χ3v) is 5.09. The molecule has 1 heteroatoms. The van der Waals surface area contributed by atoms with Crippen molar-refractivity contribution in [2.45, 2.75) is 52.0 Å². The van der Waals surface area contributed by atoms with Gasteiger partial charge < -0.3 is 5.32 Å². The molecule has 0 unspecified atom stereocenters. The normalized spacial score (nSPS) is 44.8. The molecule has 0 radical (unpaired) electrons. The SMILES string of the molecule is CC(C)=CCNC1C2CC3CC(C2)CC1C3. The fourth-order valence-electron chi connectivity index (χ4n) is 4.66. The molecule has 4 fully saturated rings. The van der Waals surface area contributed by atoms with Crippen molar-refractivity contribution in [1.82, 2.24) is 5.32 Å². The first-order chi connectivity index (χ1) is 7.72. The molecule has 0 aliphatic heterocycles. The number of hydrogen-bond acceptors (Lipinski definition) is 1. The Morgan fingerprint density at radius 2 is 1.56 bits per heavy atom. The maximum atomic E-state index is 3.82. The lowest BCUT2D eigenvalue weighted by Gasteiger charge is -2.54. The van der Waals surface area contributed by atoms with Gasteiger partial charge in [0, 0.05) is 12.6 Å². The quantitative estimate of drug-likeness (QED) is 0.718. The van der Waals surface area contributed by atoms with Gasteiger partial charge in [0.15, 0.2) is 0 Å². The van der Waals surface area contributed by atoms with Crippen LogP contribution in [0.25, 0.3) is 0 Å². The Kier molecular flexibility index (Phi) is 2.83. The summed E-state index contributed by atoms with van der Waals surface area (Å²) < 4.78 is 0. The first kappa shape index (κ1) is 10.8. The summed E-state index contributed by atoms with van der Waals surface area (Å²) in [5, 5.41) is 3.82. The molecular formula is C15H25N. The van der Waals surface area contributed by atoms with E-state index in [2.05, 4.69) is 25.2 Å². The summed E-state index contributed by atoms with van der Waals surface area (Å²) in [7, 11) is 0. The van der Waals surface area contributed by atoms with E-state index in [1.165, 1.54) is 31.3 Å². The Morgan fingerprint density at radius 1 is 1.00 bits per heavy atom. The topological polar surface area (TPSA) is 12.0 Å². The van der Waals surface area contributed by atoms with Crippen molar-refractivity contribution in [1.29, 1.82) is 0 Å². The Morgan fingerprint density at radius 3 is 2.06 bits per heavy atom. The molecule has 0 aromatic rings. The molecule has 4 bridgehead atoms. The predicted octanol–water partition coefficient (Wildman–Crippen LogP) is 3.37. The summed E-state index contributed by atoms with van der Waals surface area (Å²) in [4.78, 5) is 0. The van der Waals surface area contributed by atoms with Crippen molar-refractivity contribution in [3.8, 4) is 0 Å². The zero-order chi connectivity index (χ0) is 11.1. The summed E-state index contributed by atoms with van der Waals surface area (Å²) in [6, 6.07) is 0.850. The minimum absolute atomic E-state index is 0.850. The minimum atomic E-state index is 0.850. The van der Waals surface area contributed by atoms with Crippen LogP contribution in [0, 0.1) is 23.7 Å². The van der Waals surface area contributed by atoms with Crippen LogP contribution in [0.4, 0.5) is 0 Å². The first-order valence-corrected chi connectivity index (χ1v) is 7.09. The zero-order valence-electron chi connectivity index (χ0n) is 10.7. The molecule has 4 rings (SSSR count). The summed E-state index contributed by atoms with van der Waals surface area (Å²) >= 11 is 0. The summed E-state index contributed by atoms with van der Waals surface area (Å²) in [5.74, 6) is 4.23. The lowest BCUT2D eigenvalue weighted by Crippen LogP contribution is -2.54. The summed E-state index contributed by atoms with van der Waals surface area (Å²) in [6.45, 7) is 5.48. The van der Waals surface area contributed by atoms with Gasteiger partial charge in [0.05, 0.1) is 0 Å². The van der Waals surface area contributed by atoms with E-state index >= 15 is 0 Å². The molecule has 1 nitrogen and oxygen atoms in total. The van der Waals surface area contributed by atoms with Crippen molar-refractivity contribution in [2.24, 2.45) is 23.7 Å². The van der Waals surface area contributed by atoms with Gasteiger partial charge >= 0.3 is 0 Å². The van der Waals surface area contributed by atoms with E-state index in [0.717, 1.165) is 36.3 Å². The van der Waals surface area contributed by atoms with Crippen LogP contribution < -0.4 is 5.32 Å². The molecule has 4 aliphatic rings. The van der Waals surface area contributed by atoms with Crippen LogP contribution in [0.5, 0.6) is 0 Å². The summed E-state index contributed by atoms with van der Waals surface area (Å²) in [6.07, 6.45) is 10.0. The largest absolute Gasteiger partial charge is 0.310 e. The predicted molar refractivity (Wildman–Crippen MR) is 68.3 cm³/mol. The van der Waals surface area contributed by atoms with E-state index < -0.39 is 0 Å². The van der Waals surface area contributed by atoms with Crippen molar-refractivity contribution in [2.75, 3.05) is 6.54 Å². The van der Waals surface area contributed by atoms with Crippen LogP contribution >= 0.6 is 0 Å². The molecular weight excluding hydrogens is 194 g/mol. The second-order valence-electron chi connectivity index (χ2n) is 6.65. The van der Waals surface area contributed by atoms with Gasteiger partial charge in [-0.25, -0.2) is 0 Å². The molecule has 0 amide bonds. The van der Waals surface area contributed by atoms with Gasteiger partial charge in [-0.1, -0.05) is 11.6 Å². The highest BCUT2D eigenvalue weighted by molar-refractivity contribution is 5.03. The van der Waals surface area contributed by atoms with Crippen LogP contribution in [0.15, 0.2) is 11.6 Å². The van der Waals surface area contributed by atoms with Crippen LogP contribution in [0.2, 0.25) is 0 Å². The fraction of sp³-hybridized carbons (Fsp3) is 0.867. The number of rotatable bonds is 3. The van der Waals surface area contributed by atoms with E-state index in [-0.39, 0.29) is 0 Å². The van der Waals surface area contributed by atoms with E-state index in [9.17, 15) is 0 Å². The van der Waals surface area contributed by atoms with Gasteiger partial charge in [-0.2, -0.15) is 0 Å². The van der Waals surface area contributed by atoms with Gasteiger partial charge in [-0.05, 0) is 69.6 Å². The maximum absolute atomic E-state index is 3.82. The Bertz CT molecular complexity index is 260. The number of allylic oxidation sites excluding steroid dienone is 1. The molecule has 0 aromatic heterocycles. The monoisotopic (exact) mass is 219 g/mol. The lowest BCUT2D eigenvalue weighted by molar-refractivity contribution is -0.0123. The van der Waals surface area contributed by atoms with Crippen molar-refractivity contribution in [3.63, 3.8) is 0 Å². The minimum Gasteiger partial charge on any atom is -0.310 e. The number of hydrogen-bond donors (Lipinski definition) is 1. The molecule has 0 aromatic carbocycles. The highest BCUT2D eigenvalue weighted by Gasteiger charge is 2.47. The Labute approximate surface area is 99.7 Å². The molecule has 0 atom stereocenters. The average Bonchev–Trinajstić information content (AvgIpc) is 2.20. The lowest BCUT2D eigenvalue weighted by atomic mass is 9.54. The van der Waals surface area contributed by atoms with E-state index in [1.54, 1.807) is 6.42 Å². The van der Waals surface area contributed by atoms with E-state index in [1.807, 2.05) is 0 Å². The van der Waals surface area contributed by atoms with Crippen LogP contribution in [-0.4, -0.2) is 12.6 Å². The highest BCUT2D eigenvalue weighted by Crippen LogP contribution is 2.53. The van der Waals surface area contributed by atoms with Gasteiger partial charge in [-0.15, -0.1) is 0 Å². The maximum Gasteiger partial charge on any atom is 0.0140 e. The van der Waals surface area contributed by atoms with Crippen LogP contribution in [0.3, 0.4) is 0 Å². The zero-order valence-corrected chi connectivity index (χ0v) is 10.7. The van der Waals surface area contributed by atoms with Crippen molar-refractivity contribution in [3.05, 3.63) is 11.6 Å². The molecule has 0 heterocycles. The third-order valence-electron chi connectivity index (χ3n) is 5.09. The van der Waals surface area contributed by atoms with Gasteiger partial charge in [0.25, 0.3) is 0 Å². The molecule has 4 saturated carbocycles. The smallest absolute Gasteiger partial charge is 0.0140 e. The standard InChI is InChI=1S/C15H25N/c1-10(2)3-4-16-15-13-6-11-5-12(8-13)9-14(15)7-11/h3,11-16H,4-9H2,1-2H3. The summed E-state index contributed by atoms with van der Waals surface area (Å²) in [5.41, 5.74) is 1.44. The number of nitrogens with one attached hydrogen (secondary N) is 1. The second kappa shape index (κ2) is 4.18. The van der Waals surface area contributed by atoms with Gasteiger partial charge in [0.2, 0.25) is 0 Å². The van der Waals surface area contributed by atoms with Crippen molar-refractivity contribution >= 4 is 0 Å². The van der Waals surface area contributed by atoms with E-state index in [4.69, 9.17) is 0 Å². The van der Waals surface area contributed by atoms with Gasteiger partial charge in [-0.3, -0.25) is 0 Å². The second-order valence-corrected chi connectivity index (χ2v) is 6.65. The molecule has 16 heavy (non-hydrogen) atoms. The molecule has 0 saturated heterocycles. The van der Waals surface area contributed by atoms with E-state index in [0.29, 0.717) is 0 Å².